The highest BCUT2D eigenvalue weighted by Crippen LogP contribution is 2.33. The van der Waals surface area contributed by atoms with Gasteiger partial charge in [0, 0.05) is 22.2 Å². The maximum absolute atomic E-state index is 13.3. The fraction of sp³-hybridized carbons (Fsp3) is 0.125. The van der Waals surface area contributed by atoms with E-state index in [9.17, 15) is 14.0 Å². The highest BCUT2D eigenvalue weighted by Gasteiger charge is 2.39. The summed E-state index contributed by atoms with van der Waals surface area (Å²) in [6, 6.07) is 19.6. The van der Waals surface area contributed by atoms with Crippen molar-refractivity contribution in [2.75, 3.05) is 5.32 Å². The number of thioether (sulfide) groups is 1. The van der Waals surface area contributed by atoms with Gasteiger partial charge >= 0.3 is 0 Å². The molecule has 168 valence electrons. The van der Waals surface area contributed by atoms with E-state index in [4.69, 9.17) is 23.2 Å². The van der Waals surface area contributed by atoms with Crippen LogP contribution in [-0.4, -0.2) is 27.1 Å². The molecule has 0 spiro atoms. The first kappa shape index (κ1) is 23.3. The maximum atomic E-state index is 13.3. The van der Waals surface area contributed by atoms with Crippen molar-refractivity contribution < 1.29 is 14.0 Å². The molecule has 3 aromatic rings. The summed E-state index contributed by atoms with van der Waals surface area (Å²) in [5.41, 5.74) is 1.98. The SMILES string of the molecule is O=C(C[C@@H]1SC(=Nc2ccc(F)cc2)N(Cc2ccc(Cl)cc2)C1=O)Nc1ccc(Cl)cc1. The lowest BCUT2D eigenvalue weighted by atomic mass is 10.2. The van der Waals surface area contributed by atoms with E-state index < -0.39 is 5.25 Å². The van der Waals surface area contributed by atoms with Crippen molar-refractivity contribution in [3.05, 3.63) is 94.2 Å². The van der Waals surface area contributed by atoms with Crippen molar-refractivity contribution >= 4 is 63.3 Å². The molecule has 0 saturated carbocycles. The number of rotatable bonds is 6. The largest absolute Gasteiger partial charge is 0.326 e. The number of amides is 2. The van der Waals surface area contributed by atoms with Gasteiger partial charge in [0.05, 0.1) is 12.2 Å². The van der Waals surface area contributed by atoms with Gasteiger partial charge in [0.2, 0.25) is 11.8 Å². The molecule has 1 saturated heterocycles. The average Bonchev–Trinajstić information content (AvgIpc) is 3.07. The van der Waals surface area contributed by atoms with Crippen LogP contribution in [0.5, 0.6) is 0 Å². The number of carbonyl (C=O) groups is 2. The Morgan fingerprint density at radius 2 is 1.58 bits per heavy atom. The van der Waals surface area contributed by atoms with E-state index in [0.29, 0.717) is 26.6 Å². The number of carbonyl (C=O) groups excluding carboxylic acids is 2. The van der Waals surface area contributed by atoms with Crippen LogP contribution in [0.15, 0.2) is 77.8 Å². The summed E-state index contributed by atoms with van der Waals surface area (Å²) >= 11 is 13.1. The Balaban J connectivity index is 1.53. The first-order valence-corrected chi connectivity index (χ1v) is 11.6. The van der Waals surface area contributed by atoms with Crippen LogP contribution in [0.4, 0.5) is 15.8 Å². The van der Waals surface area contributed by atoms with Crippen LogP contribution in [0, 0.1) is 5.82 Å². The number of nitrogens with one attached hydrogen (secondary N) is 1. The van der Waals surface area contributed by atoms with E-state index in [1.807, 2.05) is 12.1 Å². The number of amidine groups is 1. The second kappa shape index (κ2) is 10.4. The van der Waals surface area contributed by atoms with Gasteiger partial charge < -0.3 is 5.32 Å². The summed E-state index contributed by atoms with van der Waals surface area (Å²) in [6.45, 7) is 0.276. The monoisotopic (exact) mass is 501 g/mol. The van der Waals surface area contributed by atoms with Crippen molar-refractivity contribution in [1.29, 1.82) is 0 Å². The highest BCUT2D eigenvalue weighted by atomic mass is 35.5. The van der Waals surface area contributed by atoms with E-state index >= 15 is 0 Å². The Kier molecular flexibility index (Phi) is 7.33. The third-order valence-corrected chi connectivity index (χ3v) is 6.50. The smallest absolute Gasteiger partial charge is 0.242 e. The topological polar surface area (TPSA) is 61.8 Å². The number of hydrogen-bond donors (Lipinski definition) is 1. The molecular formula is C24H18Cl2FN3O2S. The van der Waals surface area contributed by atoms with Crippen molar-refractivity contribution in [2.24, 2.45) is 4.99 Å². The van der Waals surface area contributed by atoms with Crippen molar-refractivity contribution in [2.45, 2.75) is 18.2 Å². The Labute approximate surface area is 204 Å². The summed E-state index contributed by atoms with van der Waals surface area (Å²) in [5.74, 6) is -0.886. The van der Waals surface area contributed by atoms with Crippen LogP contribution < -0.4 is 5.32 Å². The zero-order valence-corrected chi connectivity index (χ0v) is 19.5. The predicted octanol–water partition coefficient (Wildman–Crippen LogP) is 6.29. The third-order valence-electron chi connectivity index (χ3n) is 4.82. The minimum Gasteiger partial charge on any atom is -0.326 e. The van der Waals surface area contributed by atoms with Crippen LogP contribution in [0.2, 0.25) is 10.0 Å². The lowest BCUT2D eigenvalue weighted by molar-refractivity contribution is -0.128. The Bertz CT molecular complexity index is 1190. The number of nitrogens with zero attached hydrogens (tertiary/aromatic N) is 2. The van der Waals surface area contributed by atoms with Gasteiger partial charge in [0.25, 0.3) is 0 Å². The molecule has 0 aromatic heterocycles. The molecule has 2 amide bonds. The highest BCUT2D eigenvalue weighted by molar-refractivity contribution is 8.15. The van der Waals surface area contributed by atoms with Crippen LogP contribution in [0.3, 0.4) is 0 Å². The van der Waals surface area contributed by atoms with E-state index in [0.717, 1.165) is 5.56 Å². The summed E-state index contributed by atoms with van der Waals surface area (Å²) in [6.07, 6.45) is -0.0221. The van der Waals surface area contributed by atoms with Gasteiger partial charge in [-0.3, -0.25) is 14.5 Å². The molecule has 1 fully saturated rings. The zero-order chi connectivity index (χ0) is 23.4. The standard InChI is InChI=1S/C24H18Cl2FN3O2S/c25-16-3-1-15(2-4-16)14-30-23(32)21(13-22(31)28-19-9-5-17(26)6-10-19)33-24(30)29-20-11-7-18(27)8-12-20/h1-12,21H,13-14H2,(H,28,31)/t21-/m0/s1. The minimum atomic E-state index is -0.635. The number of anilines is 1. The molecule has 33 heavy (non-hydrogen) atoms. The molecule has 0 radical (unpaired) electrons. The van der Waals surface area contributed by atoms with Gasteiger partial charge in [-0.1, -0.05) is 47.1 Å². The van der Waals surface area contributed by atoms with E-state index in [1.165, 1.54) is 40.9 Å². The third kappa shape index (κ3) is 6.13. The maximum Gasteiger partial charge on any atom is 0.242 e. The van der Waals surface area contributed by atoms with Gasteiger partial charge in [-0.15, -0.1) is 0 Å². The lowest BCUT2D eigenvalue weighted by Crippen LogP contribution is -2.33. The number of halogens is 3. The van der Waals surface area contributed by atoms with Crippen LogP contribution >= 0.6 is 35.0 Å². The Morgan fingerprint density at radius 1 is 0.970 bits per heavy atom. The predicted molar refractivity (Wildman–Crippen MR) is 132 cm³/mol. The van der Waals surface area contributed by atoms with Crippen LogP contribution in [0.25, 0.3) is 0 Å². The quantitative estimate of drug-likeness (QED) is 0.431. The molecule has 1 atom stereocenters. The molecule has 3 aromatic carbocycles. The molecule has 1 aliphatic rings. The second-order valence-electron chi connectivity index (χ2n) is 7.29. The average molecular weight is 502 g/mol. The summed E-state index contributed by atoms with van der Waals surface area (Å²) < 4.78 is 13.3. The normalized spacial score (nSPS) is 16.9. The minimum absolute atomic E-state index is 0.0221. The van der Waals surface area contributed by atoms with E-state index in [2.05, 4.69) is 10.3 Å². The van der Waals surface area contributed by atoms with Gasteiger partial charge in [-0.2, -0.15) is 0 Å². The molecule has 4 rings (SSSR count). The van der Waals surface area contributed by atoms with Gasteiger partial charge in [-0.05, 0) is 66.2 Å². The van der Waals surface area contributed by atoms with E-state index in [1.54, 1.807) is 36.4 Å². The number of aliphatic imine (C=N–C) groups is 1. The Hall–Kier alpha value is -2.87. The van der Waals surface area contributed by atoms with Gasteiger partial charge in [-0.25, -0.2) is 9.38 Å². The first-order chi connectivity index (χ1) is 15.9. The van der Waals surface area contributed by atoms with E-state index in [-0.39, 0.29) is 30.6 Å². The van der Waals surface area contributed by atoms with Crippen LogP contribution in [0.1, 0.15) is 12.0 Å². The van der Waals surface area contributed by atoms with Gasteiger partial charge in [0.15, 0.2) is 5.17 Å². The van der Waals surface area contributed by atoms with Crippen molar-refractivity contribution in [1.82, 2.24) is 4.90 Å². The summed E-state index contributed by atoms with van der Waals surface area (Å²) in [7, 11) is 0. The molecule has 1 aliphatic heterocycles. The van der Waals surface area contributed by atoms with Crippen molar-refractivity contribution in [3.8, 4) is 0 Å². The summed E-state index contributed by atoms with van der Waals surface area (Å²) in [4.78, 5) is 31.9. The molecule has 5 nitrogen and oxygen atoms in total. The molecule has 1 heterocycles. The Morgan fingerprint density at radius 3 is 2.21 bits per heavy atom. The fourth-order valence-electron chi connectivity index (χ4n) is 3.18. The number of hydrogen-bond acceptors (Lipinski definition) is 4. The molecule has 0 bridgehead atoms. The fourth-order valence-corrected chi connectivity index (χ4v) is 4.59. The molecule has 9 heteroatoms. The molecule has 1 N–H and O–H groups in total. The summed E-state index contributed by atoms with van der Waals surface area (Å²) in [5, 5.41) is 3.75. The molecule has 0 aliphatic carbocycles. The van der Waals surface area contributed by atoms with Crippen molar-refractivity contribution in [3.63, 3.8) is 0 Å². The van der Waals surface area contributed by atoms with Crippen LogP contribution in [-0.2, 0) is 16.1 Å². The number of benzene rings is 3. The molecular weight excluding hydrogens is 484 g/mol. The van der Waals surface area contributed by atoms with Gasteiger partial charge in [0.1, 0.15) is 11.1 Å². The lowest BCUT2D eigenvalue weighted by Gasteiger charge is -2.17. The first-order valence-electron chi connectivity index (χ1n) is 9.99. The second-order valence-corrected chi connectivity index (χ2v) is 9.33. The zero-order valence-electron chi connectivity index (χ0n) is 17.2. The molecule has 0 unspecified atom stereocenters.